The molecule has 0 amide bonds. The lowest BCUT2D eigenvalue weighted by Crippen LogP contribution is -2.45. The third-order valence-electron chi connectivity index (χ3n) is 3.37. The summed E-state index contributed by atoms with van der Waals surface area (Å²) in [6, 6.07) is 2.68. The van der Waals surface area contributed by atoms with Crippen molar-refractivity contribution in [1.29, 1.82) is 0 Å². The molecule has 0 bridgehead atoms. The Bertz CT molecular complexity index is 465. The number of piperazine rings is 1. The summed E-state index contributed by atoms with van der Waals surface area (Å²) in [7, 11) is 0. The summed E-state index contributed by atoms with van der Waals surface area (Å²) in [4.78, 5) is 2.00. The van der Waals surface area contributed by atoms with Crippen LogP contribution in [0.2, 0.25) is 15.1 Å². The highest BCUT2D eigenvalue weighted by molar-refractivity contribution is 6.43. The minimum absolute atomic E-state index is 0.281. The summed E-state index contributed by atoms with van der Waals surface area (Å²) in [6.45, 7) is 2.92. The lowest BCUT2D eigenvalue weighted by molar-refractivity contribution is 0.0739. The smallest absolute Gasteiger partial charge is 0.240 e. The van der Waals surface area contributed by atoms with E-state index in [0.29, 0.717) is 33.7 Å². The van der Waals surface area contributed by atoms with Crippen LogP contribution in [0.3, 0.4) is 0 Å². The number of rotatable bonds is 4. The fourth-order valence-corrected chi connectivity index (χ4v) is 3.20. The summed E-state index contributed by atoms with van der Waals surface area (Å²) >= 11 is 18.2. The molecule has 1 fully saturated rings. The Balaban J connectivity index is 2.34. The predicted molar refractivity (Wildman–Crippen MR) is 79.3 cm³/mol. The maximum Gasteiger partial charge on any atom is 0.240 e. The maximum atomic E-state index is 12.9. The molecule has 0 unspecified atom stereocenters. The van der Waals surface area contributed by atoms with Crippen LogP contribution < -0.4 is 5.32 Å². The van der Waals surface area contributed by atoms with E-state index in [-0.39, 0.29) is 6.42 Å². The molecule has 7 heteroatoms. The van der Waals surface area contributed by atoms with Crippen molar-refractivity contribution < 1.29 is 8.78 Å². The Hall–Kier alpha value is -0.130. The van der Waals surface area contributed by atoms with E-state index in [1.165, 1.54) is 6.07 Å². The van der Waals surface area contributed by atoms with E-state index in [1.54, 1.807) is 6.07 Å². The molecule has 0 radical (unpaired) electrons. The zero-order valence-corrected chi connectivity index (χ0v) is 12.9. The molecule has 0 aromatic heterocycles. The van der Waals surface area contributed by atoms with E-state index in [0.717, 1.165) is 13.1 Å². The molecule has 0 aliphatic carbocycles. The van der Waals surface area contributed by atoms with Crippen LogP contribution in [0, 0.1) is 0 Å². The summed E-state index contributed by atoms with van der Waals surface area (Å²) in [5.41, 5.74) is 0.575. The fraction of sp³-hybridized carbons (Fsp3) is 0.538. The molecule has 112 valence electrons. The molecule has 1 aromatic rings. The highest BCUT2D eigenvalue weighted by Gasteiger charge is 2.28. The molecule has 1 aliphatic heterocycles. The molecule has 1 aliphatic rings. The molecule has 1 aromatic carbocycles. The van der Waals surface area contributed by atoms with Crippen LogP contribution >= 0.6 is 34.8 Å². The highest BCUT2D eigenvalue weighted by atomic mass is 35.5. The number of halogens is 5. The lowest BCUT2D eigenvalue weighted by atomic mass is 10.0. The topological polar surface area (TPSA) is 15.3 Å². The first-order valence-electron chi connectivity index (χ1n) is 6.36. The number of nitrogens with one attached hydrogen (secondary N) is 1. The van der Waals surface area contributed by atoms with Gasteiger partial charge in [0.05, 0.1) is 10.0 Å². The zero-order chi connectivity index (χ0) is 14.7. The van der Waals surface area contributed by atoms with E-state index in [4.69, 9.17) is 34.8 Å². The van der Waals surface area contributed by atoms with Gasteiger partial charge in [0.25, 0.3) is 0 Å². The van der Waals surface area contributed by atoms with E-state index >= 15 is 0 Å². The molecular formula is C13H15Cl3F2N2. The quantitative estimate of drug-likeness (QED) is 0.822. The summed E-state index contributed by atoms with van der Waals surface area (Å²) in [5.74, 6) is 0. The van der Waals surface area contributed by atoms with Crippen molar-refractivity contribution in [3.8, 4) is 0 Å². The first-order chi connectivity index (χ1) is 9.49. The van der Waals surface area contributed by atoms with Gasteiger partial charge in [-0.1, -0.05) is 34.8 Å². The van der Waals surface area contributed by atoms with Gasteiger partial charge in [-0.25, -0.2) is 8.78 Å². The minimum atomic E-state index is -2.41. The number of hydrogen-bond acceptors (Lipinski definition) is 2. The first kappa shape index (κ1) is 16.2. The number of alkyl halides is 2. The molecule has 0 saturated carbocycles. The summed E-state index contributed by atoms with van der Waals surface area (Å²) in [5, 5.41) is 4.20. The Morgan fingerprint density at radius 3 is 2.40 bits per heavy atom. The molecule has 2 nitrogen and oxygen atoms in total. The van der Waals surface area contributed by atoms with Gasteiger partial charge in [0.1, 0.15) is 0 Å². The minimum Gasteiger partial charge on any atom is -0.314 e. The van der Waals surface area contributed by atoms with Crippen LogP contribution in [0.4, 0.5) is 8.78 Å². The largest absolute Gasteiger partial charge is 0.314 e. The van der Waals surface area contributed by atoms with Gasteiger partial charge in [-0.15, -0.1) is 0 Å². The fourth-order valence-electron chi connectivity index (χ4n) is 2.45. The Labute approximate surface area is 132 Å². The molecule has 1 N–H and O–H groups in total. The van der Waals surface area contributed by atoms with Gasteiger partial charge in [-0.2, -0.15) is 0 Å². The van der Waals surface area contributed by atoms with Gasteiger partial charge >= 0.3 is 0 Å². The molecule has 0 spiro atoms. The van der Waals surface area contributed by atoms with E-state index in [1.807, 2.05) is 4.90 Å². The van der Waals surface area contributed by atoms with Gasteiger partial charge in [0.2, 0.25) is 6.43 Å². The van der Waals surface area contributed by atoms with Crippen LogP contribution in [0.5, 0.6) is 0 Å². The van der Waals surface area contributed by atoms with Gasteiger partial charge in [-0.05, 0) is 17.7 Å². The van der Waals surface area contributed by atoms with E-state index in [9.17, 15) is 8.78 Å². The van der Waals surface area contributed by atoms with Crippen LogP contribution in [-0.4, -0.2) is 37.5 Å². The lowest BCUT2D eigenvalue weighted by Gasteiger charge is -2.35. The summed E-state index contributed by atoms with van der Waals surface area (Å²) < 4.78 is 25.8. The zero-order valence-electron chi connectivity index (χ0n) is 10.7. The van der Waals surface area contributed by atoms with Crippen molar-refractivity contribution in [1.82, 2.24) is 10.2 Å². The van der Waals surface area contributed by atoms with Crippen LogP contribution in [0.25, 0.3) is 0 Å². The number of benzene rings is 1. The van der Waals surface area contributed by atoms with Crippen molar-refractivity contribution in [3.63, 3.8) is 0 Å². The Morgan fingerprint density at radius 1 is 1.15 bits per heavy atom. The van der Waals surface area contributed by atoms with Crippen molar-refractivity contribution >= 4 is 34.8 Å². The Kier molecular flexibility index (Phi) is 5.87. The average Bonchev–Trinajstić information content (AvgIpc) is 2.41. The monoisotopic (exact) mass is 342 g/mol. The second-order valence-corrected chi connectivity index (χ2v) is 5.94. The van der Waals surface area contributed by atoms with Crippen LogP contribution in [0.1, 0.15) is 18.0 Å². The Morgan fingerprint density at radius 2 is 1.80 bits per heavy atom. The molecule has 2 rings (SSSR count). The molecular weight excluding hydrogens is 329 g/mol. The maximum absolute atomic E-state index is 12.9. The predicted octanol–water partition coefficient (Wildman–Crippen LogP) is 4.25. The van der Waals surface area contributed by atoms with Gasteiger partial charge in [0.15, 0.2) is 0 Å². The molecule has 1 atom stereocenters. The second-order valence-electron chi connectivity index (χ2n) is 4.72. The van der Waals surface area contributed by atoms with Gasteiger partial charge in [0, 0.05) is 43.7 Å². The molecule has 1 saturated heterocycles. The van der Waals surface area contributed by atoms with Crippen molar-refractivity contribution in [2.75, 3.05) is 26.2 Å². The third-order valence-corrected chi connectivity index (χ3v) is 4.41. The number of nitrogens with zero attached hydrogens (tertiary/aromatic N) is 1. The van der Waals surface area contributed by atoms with Crippen molar-refractivity contribution in [2.24, 2.45) is 0 Å². The summed E-state index contributed by atoms with van der Waals surface area (Å²) in [6.07, 6.45) is -2.69. The molecule has 20 heavy (non-hydrogen) atoms. The highest BCUT2D eigenvalue weighted by Crippen LogP contribution is 2.38. The van der Waals surface area contributed by atoms with Gasteiger partial charge < -0.3 is 5.32 Å². The van der Waals surface area contributed by atoms with E-state index < -0.39 is 12.5 Å². The third kappa shape index (κ3) is 3.95. The normalized spacial score (nSPS) is 18.5. The first-order valence-corrected chi connectivity index (χ1v) is 7.49. The SMILES string of the molecule is FC(F)C[C@@H](c1cc(Cl)cc(Cl)c1Cl)N1CCNCC1. The number of hydrogen-bond donors (Lipinski definition) is 1. The van der Waals surface area contributed by atoms with E-state index in [2.05, 4.69) is 5.32 Å². The van der Waals surface area contributed by atoms with Crippen molar-refractivity contribution in [3.05, 3.63) is 32.8 Å². The molecule has 1 heterocycles. The second kappa shape index (κ2) is 7.23. The van der Waals surface area contributed by atoms with Gasteiger partial charge in [-0.3, -0.25) is 4.90 Å². The van der Waals surface area contributed by atoms with Crippen LogP contribution in [-0.2, 0) is 0 Å². The van der Waals surface area contributed by atoms with Crippen molar-refractivity contribution in [2.45, 2.75) is 18.9 Å². The average molecular weight is 344 g/mol. The standard InChI is InChI=1S/C13H15Cl3F2N2/c14-8-5-9(13(16)10(15)6-8)11(7-12(17)18)20-3-1-19-2-4-20/h5-6,11-12,19H,1-4,7H2/t11-/m0/s1. The van der Waals surface area contributed by atoms with Crippen LogP contribution in [0.15, 0.2) is 12.1 Å².